The zero-order chi connectivity index (χ0) is 18.5. The van der Waals surface area contributed by atoms with Crippen molar-refractivity contribution >= 4 is 35.8 Å². The van der Waals surface area contributed by atoms with Crippen LogP contribution in [0.3, 0.4) is 0 Å². The molecule has 4 aromatic rings. The maximum atomic E-state index is 4.87. The number of nitrogens with zero attached hydrogens (tertiary/aromatic N) is 5. The van der Waals surface area contributed by atoms with Gasteiger partial charge in [-0.3, -0.25) is 14.8 Å². The molecule has 6 rings (SSSR count). The molecule has 0 bridgehead atoms. The third-order valence-corrected chi connectivity index (χ3v) is 5.67. The first kappa shape index (κ1) is 20.8. The van der Waals surface area contributed by atoms with Crippen molar-refractivity contribution in [2.24, 2.45) is 0 Å². The van der Waals surface area contributed by atoms with E-state index in [4.69, 9.17) is 10.1 Å². The molecule has 30 heavy (non-hydrogen) atoms. The Labute approximate surface area is 186 Å². The van der Waals surface area contributed by atoms with Crippen LogP contribution in [0.5, 0.6) is 0 Å². The summed E-state index contributed by atoms with van der Waals surface area (Å²) < 4.78 is 2.10. The first-order valence-electron chi connectivity index (χ1n) is 9.94. The molecule has 0 unspecified atom stereocenters. The van der Waals surface area contributed by atoms with E-state index in [9.17, 15) is 0 Å². The fraction of sp³-hybridized carbons (Fsp3) is 0.333. The number of aryl methyl sites for hydroxylation is 1. The van der Waals surface area contributed by atoms with Gasteiger partial charge in [0.15, 0.2) is 5.65 Å². The lowest BCUT2D eigenvalue weighted by Gasteiger charge is -2.07. The normalized spacial score (nSPS) is 15.7. The van der Waals surface area contributed by atoms with Gasteiger partial charge in [0, 0.05) is 42.7 Å². The van der Waals surface area contributed by atoms with E-state index in [2.05, 4.69) is 43.4 Å². The van der Waals surface area contributed by atoms with Gasteiger partial charge >= 0.3 is 0 Å². The fourth-order valence-electron chi connectivity index (χ4n) is 4.08. The summed E-state index contributed by atoms with van der Waals surface area (Å²) in [5.41, 5.74) is 7.16. The maximum Gasteiger partial charge on any atom is 0.182 e. The highest BCUT2D eigenvalue weighted by atomic mass is 35.5. The van der Waals surface area contributed by atoms with Crippen LogP contribution < -0.4 is 5.32 Å². The van der Waals surface area contributed by atoms with E-state index in [1.165, 1.54) is 24.2 Å². The molecule has 1 aliphatic carbocycles. The highest BCUT2D eigenvalue weighted by Gasteiger charge is 2.29. The Morgan fingerprint density at radius 1 is 1.10 bits per heavy atom. The number of nitrogens with one attached hydrogen (secondary N) is 2. The number of hydrogen-bond acceptors (Lipinski definition) is 5. The van der Waals surface area contributed by atoms with Crippen LogP contribution in [0.25, 0.3) is 33.5 Å². The van der Waals surface area contributed by atoms with Crippen molar-refractivity contribution < 1.29 is 0 Å². The molecule has 0 spiro atoms. The lowest BCUT2D eigenvalue weighted by atomic mass is 10.0. The fourth-order valence-corrected chi connectivity index (χ4v) is 4.08. The van der Waals surface area contributed by atoms with Gasteiger partial charge in [-0.15, -0.1) is 24.8 Å². The molecule has 156 valence electrons. The predicted octanol–water partition coefficient (Wildman–Crippen LogP) is 4.10. The van der Waals surface area contributed by atoms with Crippen molar-refractivity contribution in [3.05, 3.63) is 48.0 Å². The number of H-pyrrole nitrogens is 1. The van der Waals surface area contributed by atoms with Gasteiger partial charge < -0.3 is 5.32 Å². The van der Waals surface area contributed by atoms with Crippen LogP contribution in [0.1, 0.15) is 36.6 Å². The number of fused-ring (bicyclic) bond motifs is 2. The molecule has 2 N–H and O–H groups in total. The van der Waals surface area contributed by atoms with E-state index >= 15 is 0 Å². The molecule has 9 heteroatoms. The van der Waals surface area contributed by atoms with Crippen molar-refractivity contribution in [2.45, 2.75) is 38.3 Å². The first-order chi connectivity index (χ1) is 13.9. The number of aromatic nitrogens is 6. The predicted molar refractivity (Wildman–Crippen MR) is 121 cm³/mol. The summed E-state index contributed by atoms with van der Waals surface area (Å²) in [6, 6.07) is 8.37. The Morgan fingerprint density at radius 3 is 2.80 bits per heavy atom. The van der Waals surface area contributed by atoms with Gasteiger partial charge in [0.25, 0.3) is 0 Å². The van der Waals surface area contributed by atoms with Crippen LogP contribution in [0.15, 0.2) is 36.7 Å². The van der Waals surface area contributed by atoms with E-state index in [0.29, 0.717) is 5.92 Å². The number of rotatable bonds is 3. The minimum absolute atomic E-state index is 0. The average molecular weight is 444 g/mol. The molecule has 1 aliphatic heterocycles. The molecular weight excluding hydrogens is 421 g/mol. The summed E-state index contributed by atoms with van der Waals surface area (Å²) in [4.78, 5) is 9.20. The number of pyridine rings is 2. The number of aromatic amines is 1. The van der Waals surface area contributed by atoms with E-state index in [0.717, 1.165) is 59.6 Å². The molecule has 5 heterocycles. The van der Waals surface area contributed by atoms with Crippen molar-refractivity contribution in [3.63, 3.8) is 0 Å². The van der Waals surface area contributed by atoms with Gasteiger partial charge in [0.2, 0.25) is 0 Å². The van der Waals surface area contributed by atoms with Crippen molar-refractivity contribution in [1.82, 2.24) is 35.3 Å². The van der Waals surface area contributed by atoms with Gasteiger partial charge in [-0.2, -0.15) is 10.2 Å². The average Bonchev–Trinajstić information content (AvgIpc) is 3.43. The van der Waals surface area contributed by atoms with Gasteiger partial charge in [-0.25, -0.2) is 4.98 Å². The minimum atomic E-state index is 0. The molecular formula is C21H23Cl2N7. The molecule has 0 amide bonds. The topological polar surface area (TPSA) is 84.3 Å². The molecule has 0 radical (unpaired) electrons. The highest BCUT2D eigenvalue weighted by molar-refractivity contribution is 5.97. The van der Waals surface area contributed by atoms with Crippen molar-refractivity contribution in [3.8, 4) is 22.5 Å². The summed E-state index contributed by atoms with van der Waals surface area (Å²) >= 11 is 0. The van der Waals surface area contributed by atoms with E-state index in [1.807, 2.05) is 12.3 Å². The molecule has 0 atom stereocenters. The third-order valence-electron chi connectivity index (χ3n) is 5.67. The van der Waals surface area contributed by atoms with Gasteiger partial charge in [0.1, 0.15) is 5.69 Å². The zero-order valence-corrected chi connectivity index (χ0v) is 18.0. The maximum absolute atomic E-state index is 4.87. The monoisotopic (exact) mass is 443 g/mol. The molecule has 4 aromatic heterocycles. The second-order valence-electron chi connectivity index (χ2n) is 7.68. The zero-order valence-electron chi connectivity index (χ0n) is 16.3. The van der Waals surface area contributed by atoms with Crippen molar-refractivity contribution in [1.29, 1.82) is 0 Å². The summed E-state index contributed by atoms with van der Waals surface area (Å²) in [6.07, 6.45) is 7.23. The van der Waals surface area contributed by atoms with E-state index in [-0.39, 0.29) is 24.8 Å². The summed E-state index contributed by atoms with van der Waals surface area (Å²) in [5.74, 6) is 0.572. The van der Waals surface area contributed by atoms with Crippen LogP contribution in [0.4, 0.5) is 0 Å². The smallest absolute Gasteiger partial charge is 0.182 e. The number of hydrogen-bond donors (Lipinski definition) is 2. The summed E-state index contributed by atoms with van der Waals surface area (Å²) in [5, 5.41) is 17.2. The quantitative estimate of drug-likeness (QED) is 0.497. The van der Waals surface area contributed by atoms with Crippen LogP contribution in [-0.4, -0.2) is 36.5 Å². The van der Waals surface area contributed by atoms with Crippen LogP contribution in [0, 0.1) is 0 Å². The summed E-state index contributed by atoms with van der Waals surface area (Å²) in [6.45, 7) is 2.82. The van der Waals surface area contributed by atoms with Crippen molar-refractivity contribution in [2.75, 3.05) is 6.54 Å². The van der Waals surface area contributed by atoms with Gasteiger partial charge in [-0.05, 0) is 49.6 Å². The Balaban J connectivity index is 0.00000109. The SMILES string of the molecule is Cl.Cl.c1cncc(-c2cc(-c3cc4n(n3)CCCNC4)nc3n[nH]c(C4CC4)c23)c1. The third kappa shape index (κ3) is 3.57. The number of halogens is 2. The lowest BCUT2D eigenvalue weighted by Crippen LogP contribution is -2.11. The Kier molecular flexibility index (Phi) is 5.77. The van der Waals surface area contributed by atoms with Gasteiger partial charge in [0.05, 0.1) is 16.8 Å². The Morgan fingerprint density at radius 2 is 2.00 bits per heavy atom. The van der Waals surface area contributed by atoms with Gasteiger partial charge in [-0.1, -0.05) is 6.07 Å². The van der Waals surface area contributed by atoms with E-state index < -0.39 is 0 Å². The molecule has 0 aromatic carbocycles. The van der Waals surface area contributed by atoms with E-state index in [1.54, 1.807) is 6.20 Å². The van der Waals surface area contributed by atoms with Crippen LogP contribution in [0.2, 0.25) is 0 Å². The first-order valence-corrected chi connectivity index (χ1v) is 9.94. The second kappa shape index (κ2) is 8.34. The Bertz CT molecular complexity index is 1140. The highest BCUT2D eigenvalue weighted by Crippen LogP contribution is 2.44. The molecule has 2 aliphatic rings. The Hall–Kier alpha value is -2.48. The minimum Gasteiger partial charge on any atom is -0.311 e. The molecule has 1 saturated carbocycles. The lowest BCUT2D eigenvalue weighted by molar-refractivity contribution is 0.589. The van der Waals surface area contributed by atoms with Crippen LogP contribution in [-0.2, 0) is 13.1 Å². The second-order valence-corrected chi connectivity index (χ2v) is 7.68. The molecule has 1 fully saturated rings. The standard InChI is InChI=1S/C21H21N7.2ClH/c1-3-14(11-22-6-1)16-10-17(18-9-15-12-23-7-2-8-28(15)27-18)24-21-19(16)20(25-26-21)13-4-5-13;;/h1,3,6,9-11,13,23H,2,4-5,7-8,12H2,(H,24,25,26);2*1H. The van der Waals surface area contributed by atoms with Crippen LogP contribution >= 0.6 is 24.8 Å². The largest absolute Gasteiger partial charge is 0.311 e. The summed E-state index contributed by atoms with van der Waals surface area (Å²) in [7, 11) is 0. The molecule has 7 nitrogen and oxygen atoms in total. The molecule has 0 saturated heterocycles.